The van der Waals surface area contributed by atoms with Crippen LogP contribution in [0.5, 0.6) is 0 Å². The number of hydrogen-bond acceptors (Lipinski definition) is 5. The van der Waals surface area contributed by atoms with E-state index in [2.05, 4.69) is 33.4 Å². The van der Waals surface area contributed by atoms with Gasteiger partial charge in [-0.3, -0.25) is 9.82 Å². The van der Waals surface area contributed by atoms with Crippen LogP contribution in [0.1, 0.15) is 5.56 Å². The monoisotopic (exact) mass is 286 g/mol. The summed E-state index contributed by atoms with van der Waals surface area (Å²) in [5.41, 5.74) is 3.47. The van der Waals surface area contributed by atoms with Crippen molar-refractivity contribution in [2.45, 2.75) is 6.61 Å². The van der Waals surface area contributed by atoms with Crippen molar-refractivity contribution in [1.29, 1.82) is 0 Å². The zero-order valence-corrected chi connectivity index (χ0v) is 12.7. The van der Waals surface area contributed by atoms with Crippen molar-refractivity contribution in [2.75, 3.05) is 45.2 Å². The highest BCUT2D eigenvalue weighted by molar-refractivity contribution is 5.91. The molecule has 1 aliphatic heterocycles. The lowest BCUT2D eigenvalue weighted by Crippen LogP contribution is -2.43. The summed E-state index contributed by atoms with van der Waals surface area (Å²) >= 11 is 0. The molecule has 0 unspecified atom stereocenters. The molecule has 0 radical (unpaired) electrons. The fourth-order valence-electron chi connectivity index (χ4n) is 2.67. The number of hydrogen-bond donors (Lipinski definition) is 1. The Hall–Kier alpha value is -1.69. The number of fused-ring (bicyclic) bond motifs is 1. The predicted molar refractivity (Wildman–Crippen MR) is 85.3 cm³/mol. The van der Waals surface area contributed by atoms with E-state index >= 15 is 0 Å². The molecular weight excluding hydrogens is 264 g/mol. The zero-order valence-electron chi connectivity index (χ0n) is 12.7. The molecular formula is C16H22N4O. The van der Waals surface area contributed by atoms with Crippen LogP contribution in [-0.2, 0) is 11.4 Å². The third-order valence-corrected chi connectivity index (χ3v) is 3.69. The minimum Gasteiger partial charge on any atom is -0.367 e. The van der Waals surface area contributed by atoms with E-state index in [1.165, 1.54) is 16.6 Å². The Labute approximate surface area is 125 Å². The molecule has 1 fully saturated rings. The number of aromatic nitrogens is 1. The first-order valence-electron chi connectivity index (χ1n) is 7.37. The Morgan fingerprint density at radius 1 is 1.29 bits per heavy atom. The fraction of sp³-hybridized carbons (Fsp3) is 0.438. The van der Waals surface area contributed by atoms with Crippen molar-refractivity contribution in [3.8, 4) is 0 Å². The Bertz CT molecular complexity index is 608. The van der Waals surface area contributed by atoms with Gasteiger partial charge < -0.3 is 10.2 Å². The van der Waals surface area contributed by atoms with E-state index in [9.17, 15) is 0 Å². The number of pyridine rings is 1. The molecule has 0 spiro atoms. The Morgan fingerprint density at radius 3 is 2.86 bits per heavy atom. The van der Waals surface area contributed by atoms with E-state index < -0.39 is 0 Å². The van der Waals surface area contributed by atoms with Crippen LogP contribution < -0.4 is 10.2 Å². The van der Waals surface area contributed by atoms with Crippen LogP contribution in [0.2, 0.25) is 0 Å². The summed E-state index contributed by atoms with van der Waals surface area (Å²) in [7, 11) is 3.81. The third-order valence-electron chi connectivity index (χ3n) is 3.69. The van der Waals surface area contributed by atoms with E-state index in [4.69, 9.17) is 4.84 Å². The molecule has 1 saturated heterocycles. The van der Waals surface area contributed by atoms with Gasteiger partial charge in [-0.25, -0.2) is 0 Å². The predicted octanol–water partition coefficient (Wildman–Crippen LogP) is 1.64. The number of rotatable bonds is 4. The van der Waals surface area contributed by atoms with Gasteiger partial charge >= 0.3 is 0 Å². The first-order chi connectivity index (χ1) is 10.2. The Kier molecular flexibility index (Phi) is 4.34. The molecule has 2 heterocycles. The van der Waals surface area contributed by atoms with Crippen LogP contribution in [0.15, 0.2) is 30.5 Å². The van der Waals surface area contributed by atoms with E-state index in [1.807, 2.05) is 26.4 Å². The molecule has 5 heteroatoms. The molecule has 1 aliphatic rings. The second-order valence-corrected chi connectivity index (χ2v) is 5.51. The topological polar surface area (TPSA) is 40.6 Å². The molecule has 21 heavy (non-hydrogen) atoms. The molecule has 0 saturated carbocycles. The second-order valence-electron chi connectivity index (χ2n) is 5.51. The maximum absolute atomic E-state index is 5.60. The van der Waals surface area contributed by atoms with Crippen molar-refractivity contribution in [3.63, 3.8) is 0 Å². The molecule has 1 aromatic heterocycles. The molecule has 2 aromatic rings. The lowest BCUT2D eigenvalue weighted by Gasteiger charge is -2.30. The molecule has 1 aromatic carbocycles. The number of hydroxylamine groups is 2. The van der Waals surface area contributed by atoms with Gasteiger partial charge in [-0.1, -0.05) is 6.07 Å². The van der Waals surface area contributed by atoms with Crippen molar-refractivity contribution < 1.29 is 4.84 Å². The van der Waals surface area contributed by atoms with Crippen molar-refractivity contribution >= 4 is 16.6 Å². The number of nitrogens with zero attached hydrogens (tertiary/aromatic N) is 3. The highest BCUT2D eigenvalue weighted by Gasteiger charge is 2.15. The summed E-state index contributed by atoms with van der Waals surface area (Å²) in [4.78, 5) is 12.6. The fourth-order valence-corrected chi connectivity index (χ4v) is 2.67. The van der Waals surface area contributed by atoms with Gasteiger partial charge in [0.2, 0.25) is 0 Å². The largest absolute Gasteiger partial charge is 0.367 e. The first-order valence-corrected chi connectivity index (χ1v) is 7.37. The number of anilines is 1. The summed E-state index contributed by atoms with van der Waals surface area (Å²) < 4.78 is 0. The number of nitrogens with one attached hydrogen (secondary N) is 1. The van der Waals surface area contributed by atoms with Crippen molar-refractivity contribution in [1.82, 2.24) is 15.4 Å². The smallest absolute Gasteiger partial charge is 0.0936 e. The van der Waals surface area contributed by atoms with Gasteiger partial charge in [-0.15, -0.1) is 0 Å². The van der Waals surface area contributed by atoms with Gasteiger partial charge in [-0.05, 0) is 23.8 Å². The molecule has 3 rings (SSSR count). The van der Waals surface area contributed by atoms with Crippen molar-refractivity contribution in [3.05, 3.63) is 36.0 Å². The molecule has 1 N–H and O–H groups in total. The van der Waals surface area contributed by atoms with E-state index in [1.54, 1.807) is 5.06 Å². The lowest BCUT2D eigenvalue weighted by molar-refractivity contribution is -0.130. The van der Waals surface area contributed by atoms with Gasteiger partial charge in [0.25, 0.3) is 0 Å². The average Bonchev–Trinajstić information content (AvgIpc) is 2.53. The quantitative estimate of drug-likeness (QED) is 0.865. The van der Waals surface area contributed by atoms with Crippen LogP contribution in [-0.4, -0.2) is 50.3 Å². The SMILES string of the molecule is CN(C)OCc1cc(N2CCNCC2)c2ncccc2c1. The maximum atomic E-state index is 5.60. The molecule has 0 atom stereocenters. The van der Waals surface area contributed by atoms with Crippen LogP contribution >= 0.6 is 0 Å². The summed E-state index contributed by atoms with van der Waals surface area (Å²) in [5.74, 6) is 0. The van der Waals surface area contributed by atoms with E-state index in [0.29, 0.717) is 6.61 Å². The standard InChI is InChI=1S/C16H22N4O/c1-19(2)21-12-13-10-14-4-3-5-18-16(14)15(11-13)20-8-6-17-7-9-20/h3-5,10-11,17H,6-9,12H2,1-2H3. The van der Waals surface area contributed by atoms with Crippen LogP contribution in [0.3, 0.4) is 0 Å². The van der Waals surface area contributed by atoms with Crippen LogP contribution in [0.25, 0.3) is 10.9 Å². The molecule has 0 amide bonds. The molecule has 112 valence electrons. The Morgan fingerprint density at radius 2 is 2.10 bits per heavy atom. The van der Waals surface area contributed by atoms with Gasteiger partial charge in [0.1, 0.15) is 0 Å². The second kappa shape index (κ2) is 6.39. The molecule has 0 aliphatic carbocycles. The highest BCUT2D eigenvalue weighted by atomic mass is 16.7. The summed E-state index contributed by atoms with van der Waals surface area (Å²) in [5, 5.41) is 6.30. The average molecular weight is 286 g/mol. The number of piperazine rings is 1. The molecule has 5 nitrogen and oxygen atoms in total. The van der Waals surface area contributed by atoms with Gasteiger partial charge in [-0.2, -0.15) is 5.06 Å². The normalized spacial score (nSPS) is 15.9. The van der Waals surface area contributed by atoms with Gasteiger partial charge in [0.05, 0.1) is 17.8 Å². The van der Waals surface area contributed by atoms with Crippen molar-refractivity contribution in [2.24, 2.45) is 0 Å². The minimum atomic E-state index is 0.580. The summed E-state index contributed by atoms with van der Waals surface area (Å²) in [6.45, 7) is 4.66. The van der Waals surface area contributed by atoms with E-state index in [0.717, 1.165) is 31.7 Å². The van der Waals surface area contributed by atoms with Crippen LogP contribution in [0.4, 0.5) is 5.69 Å². The lowest BCUT2D eigenvalue weighted by atomic mass is 10.1. The maximum Gasteiger partial charge on any atom is 0.0936 e. The highest BCUT2D eigenvalue weighted by Crippen LogP contribution is 2.27. The van der Waals surface area contributed by atoms with Gasteiger partial charge in [0.15, 0.2) is 0 Å². The van der Waals surface area contributed by atoms with Crippen LogP contribution in [0, 0.1) is 0 Å². The summed E-state index contributed by atoms with van der Waals surface area (Å²) in [6, 6.07) is 8.48. The minimum absolute atomic E-state index is 0.580. The molecule has 0 bridgehead atoms. The van der Waals surface area contributed by atoms with E-state index in [-0.39, 0.29) is 0 Å². The first kappa shape index (κ1) is 14.3. The zero-order chi connectivity index (χ0) is 14.7. The summed E-state index contributed by atoms with van der Waals surface area (Å²) in [6.07, 6.45) is 1.87. The third kappa shape index (κ3) is 3.32. The Balaban J connectivity index is 1.98. The van der Waals surface area contributed by atoms with Gasteiger partial charge in [0, 0.05) is 51.9 Å². The number of benzene rings is 1.